The van der Waals surface area contributed by atoms with E-state index < -0.39 is 0 Å². The fraction of sp³-hybridized carbons (Fsp3) is 0.524. The van der Waals surface area contributed by atoms with Crippen LogP contribution in [0.2, 0.25) is 5.02 Å². The van der Waals surface area contributed by atoms with Crippen LogP contribution in [0, 0.1) is 11.3 Å². The topological polar surface area (TPSA) is 46.9 Å². The first-order valence-electron chi connectivity index (χ1n) is 9.51. The maximum Gasteiger partial charge on any atom is 0.223 e. The molecular weight excluding hydrogens is 346 g/mol. The highest BCUT2D eigenvalue weighted by atomic mass is 35.5. The van der Waals surface area contributed by atoms with Crippen molar-refractivity contribution < 1.29 is 4.79 Å². The minimum Gasteiger partial charge on any atom is -0.349 e. The van der Waals surface area contributed by atoms with Gasteiger partial charge in [-0.3, -0.25) is 9.48 Å². The average molecular weight is 372 g/mol. The molecule has 0 unspecified atom stereocenters. The van der Waals surface area contributed by atoms with Crippen LogP contribution in [-0.4, -0.2) is 15.7 Å². The van der Waals surface area contributed by atoms with E-state index in [1.165, 1.54) is 17.7 Å². The van der Waals surface area contributed by atoms with E-state index >= 15 is 0 Å². The third-order valence-electron chi connectivity index (χ3n) is 5.83. The maximum absolute atomic E-state index is 12.5. The van der Waals surface area contributed by atoms with Crippen molar-refractivity contribution in [1.29, 1.82) is 0 Å². The van der Waals surface area contributed by atoms with Crippen molar-refractivity contribution >= 4 is 17.5 Å². The van der Waals surface area contributed by atoms with Crippen LogP contribution in [-0.2, 0) is 17.8 Å². The summed E-state index contributed by atoms with van der Waals surface area (Å²) < 4.78 is 2.06. The molecule has 1 heterocycles. The molecule has 138 valence electrons. The molecule has 4 rings (SSSR count). The molecule has 1 atom stereocenters. The number of carbonyl (C=O) groups excluding carboxylic acids is 1. The molecular formula is C21H26ClN3O. The Hall–Kier alpha value is -1.81. The monoisotopic (exact) mass is 371 g/mol. The van der Waals surface area contributed by atoms with E-state index in [0.29, 0.717) is 6.54 Å². The first-order chi connectivity index (χ1) is 12.4. The number of fused-ring (bicyclic) bond motifs is 1. The van der Waals surface area contributed by atoms with Crippen molar-refractivity contribution in [2.75, 3.05) is 0 Å². The lowest BCUT2D eigenvalue weighted by atomic mass is 9.74. The zero-order valence-electron chi connectivity index (χ0n) is 15.5. The van der Waals surface area contributed by atoms with Gasteiger partial charge in [0.15, 0.2) is 0 Å². The molecule has 0 spiro atoms. The quantitative estimate of drug-likeness (QED) is 0.859. The Labute approximate surface area is 159 Å². The number of nitrogens with one attached hydrogen (secondary N) is 1. The van der Waals surface area contributed by atoms with E-state index in [-0.39, 0.29) is 23.3 Å². The molecule has 1 saturated carbocycles. The molecule has 1 N–H and O–H groups in total. The zero-order chi connectivity index (χ0) is 18.3. The molecule has 1 aromatic carbocycles. The van der Waals surface area contributed by atoms with E-state index in [1.807, 2.05) is 30.5 Å². The second kappa shape index (κ2) is 6.73. The first kappa shape index (κ1) is 17.6. The maximum atomic E-state index is 12.5. The molecule has 2 aliphatic rings. The number of amides is 1. The second-order valence-corrected chi connectivity index (χ2v) is 8.94. The van der Waals surface area contributed by atoms with Gasteiger partial charge in [0, 0.05) is 22.2 Å². The Morgan fingerprint density at radius 2 is 2.12 bits per heavy atom. The Bertz CT molecular complexity index is 822. The van der Waals surface area contributed by atoms with Crippen molar-refractivity contribution in [1.82, 2.24) is 15.1 Å². The van der Waals surface area contributed by atoms with E-state index in [1.54, 1.807) is 0 Å². The van der Waals surface area contributed by atoms with E-state index in [0.717, 1.165) is 36.3 Å². The molecule has 2 aromatic rings. The minimum absolute atomic E-state index is 0.0573. The zero-order valence-corrected chi connectivity index (χ0v) is 16.2. The van der Waals surface area contributed by atoms with Gasteiger partial charge < -0.3 is 5.32 Å². The summed E-state index contributed by atoms with van der Waals surface area (Å²) >= 11 is 6.34. The van der Waals surface area contributed by atoms with Gasteiger partial charge in [-0.05, 0) is 42.7 Å². The third kappa shape index (κ3) is 3.39. The molecule has 1 aromatic heterocycles. The number of carbonyl (C=O) groups is 1. The van der Waals surface area contributed by atoms with Crippen LogP contribution in [0.3, 0.4) is 0 Å². The van der Waals surface area contributed by atoms with Crippen LogP contribution < -0.4 is 5.32 Å². The molecule has 4 nitrogen and oxygen atoms in total. The SMILES string of the molecule is CC1(C)Cc2c(cnn2Cc2ccccc2Cl)[C@@H](NC(=O)C2CCC2)C1. The van der Waals surface area contributed by atoms with Crippen LogP contribution in [0.25, 0.3) is 0 Å². The number of aromatic nitrogens is 2. The summed E-state index contributed by atoms with van der Waals surface area (Å²) in [7, 11) is 0. The Morgan fingerprint density at radius 1 is 1.35 bits per heavy atom. The minimum atomic E-state index is 0.0573. The number of nitrogens with zero attached hydrogens (tertiary/aromatic N) is 2. The largest absolute Gasteiger partial charge is 0.349 e. The summed E-state index contributed by atoms with van der Waals surface area (Å²) in [6, 6.07) is 7.96. The van der Waals surface area contributed by atoms with E-state index in [9.17, 15) is 4.79 Å². The molecule has 0 aliphatic heterocycles. The van der Waals surface area contributed by atoms with Crippen molar-refractivity contribution in [2.45, 2.75) is 58.5 Å². The highest BCUT2D eigenvalue weighted by Crippen LogP contribution is 2.41. The summed E-state index contributed by atoms with van der Waals surface area (Å²) in [5.41, 5.74) is 3.59. The normalized spacial score (nSPS) is 21.7. The van der Waals surface area contributed by atoms with Gasteiger partial charge in [-0.25, -0.2) is 0 Å². The summed E-state index contributed by atoms with van der Waals surface area (Å²) in [5, 5.41) is 8.71. The van der Waals surface area contributed by atoms with Crippen LogP contribution in [0.1, 0.15) is 62.4 Å². The van der Waals surface area contributed by atoms with Gasteiger partial charge >= 0.3 is 0 Å². The van der Waals surface area contributed by atoms with Crippen molar-refractivity contribution in [3.8, 4) is 0 Å². The first-order valence-corrected chi connectivity index (χ1v) is 9.89. The van der Waals surface area contributed by atoms with Crippen LogP contribution in [0.4, 0.5) is 0 Å². The van der Waals surface area contributed by atoms with Gasteiger partial charge in [0.25, 0.3) is 0 Å². The van der Waals surface area contributed by atoms with E-state index in [2.05, 4.69) is 28.9 Å². The predicted octanol–water partition coefficient (Wildman–Crippen LogP) is 4.51. The number of halogens is 1. The lowest BCUT2D eigenvalue weighted by molar-refractivity contribution is -0.128. The fourth-order valence-corrected chi connectivity index (χ4v) is 4.31. The summed E-state index contributed by atoms with van der Waals surface area (Å²) in [4.78, 5) is 12.5. The van der Waals surface area contributed by atoms with Gasteiger partial charge in [0.1, 0.15) is 0 Å². The molecule has 5 heteroatoms. The number of hydrogen-bond donors (Lipinski definition) is 1. The van der Waals surface area contributed by atoms with Crippen LogP contribution in [0.15, 0.2) is 30.5 Å². The van der Waals surface area contributed by atoms with Gasteiger partial charge in [-0.2, -0.15) is 5.10 Å². The van der Waals surface area contributed by atoms with Gasteiger partial charge in [0.2, 0.25) is 5.91 Å². The van der Waals surface area contributed by atoms with Crippen molar-refractivity contribution in [3.05, 3.63) is 52.3 Å². The van der Waals surface area contributed by atoms with Gasteiger partial charge in [0.05, 0.1) is 18.8 Å². The fourth-order valence-electron chi connectivity index (χ4n) is 4.11. The number of rotatable bonds is 4. The average Bonchev–Trinajstić information content (AvgIpc) is 2.89. The third-order valence-corrected chi connectivity index (χ3v) is 6.20. The van der Waals surface area contributed by atoms with Gasteiger partial charge in [-0.1, -0.05) is 50.1 Å². The Morgan fingerprint density at radius 3 is 2.81 bits per heavy atom. The lowest BCUT2D eigenvalue weighted by Gasteiger charge is -2.37. The Kier molecular flexibility index (Phi) is 4.55. The molecule has 2 aliphatic carbocycles. The van der Waals surface area contributed by atoms with Crippen LogP contribution in [0.5, 0.6) is 0 Å². The number of hydrogen-bond acceptors (Lipinski definition) is 2. The van der Waals surface area contributed by atoms with E-state index in [4.69, 9.17) is 11.6 Å². The van der Waals surface area contributed by atoms with Gasteiger partial charge in [-0.15, -0.1) is 0 Å². The molecule has 0 radical (unpaired) electrons. The standard InChI is InChI=1S/C21H26ClN3O/c1-21(2)10-18(24-20(26)14-7-5-8-14)16-12-23-25(19(16)11-21)13-15-6-3-4-9-17(15)22/h3-4,6,9,12,14,18H,5,7-8,10-11,13H2,1-2H3,(H,24,26)/t18-/m0/s1. The summed E-state index contributed by atoms with van der Waals surface area (Å²) in [5.74, 6) is 0.422. The molecule has 1 amide bonds. The summed E-state index contributed by atoms with van der Waals surface area (Å²) in [6.45, 7) is 5.20. The molecule has 1 fully saturated rings. The molecule has 0 bridgehead atoms. The Balaban J connectivity index is 1.60. The summed E-state index contributed by atoms with van der Waals surface area (Å²) in [6.07, 6.45) is 7.09. The lowest BCUT2D eigenvalue weighted by Crippen LogP contribution is -2.41. The van der Waals surface area contributed by atoms with Crippen molar-refractivity contribution in [3.63, 3.8) is 0 Å². The smallest absolute Gasteiger partial charge is 0.223 e. The second-order valence-electron chi connectivity index (χ2n) is 8.53. The molecule has 26 heavy (non-hydrogen) atoms. The number of benzene rings is 1. The van der Waals surface area contributed by atoms with Crippen molar-refractivity contribution in [2.24, 2.45) is 11.3 Å². The van der Waals surface area contributed by atoms with Crippen LogP contribution >= 0.6 is 11.6 Å². The highest BCUT2D eigenvalue weighted by Gasteiger charge is 2.37. The predicted molar refractivity (Wildman–Crippen MR) is 103 cm³/mol. The molecule has 0 saturated heterocycles. The highest BCUT2D eigenvalue weighted by molar-refractivity contribution is 6.31.